The van der Waals surface area contributed by atoms with Gasteiger partial charge in [-0.15, -0.1) is 5.10 Å². The summed E-state index contributed by atoms with van der Waals surface area (Å²) in [6, 6.07) is 5.75. The van der Waals surface area contributed by atoms with Gasteiger partial charge in [-0.2, -0.15) is 0 Å². The van der Waals surface area contributed by atoms with Gasteiger partial charge in [0.25, 0.3) is 5.91 Å². The lowest BCUT2D eigenvalue weighted by Crippen LogP contribution is -2.15. The van der Waals surface area contributed by atoms with Crippen LogP contribution in [-0.4, -0.2) is 35.2 Å². The molecule has 1 aromatic carbocycles. The third-order valence-corrected chi connectivity index (χ3v) is 2.75. The fourth-order valence-corrected chi connectivity index (χ4v) is 1.80. The van der Waals surface area contributed by atoms with Crippen LogP contribution in [0, 0.1) is 13.8 Å². The molecule has 0 bridgehead atoms. The molecule has 0 aliphatic rings. The molecule has 0 saturated heterocycles. The van der Waals surface area contributed by atoms with E-state index >= 15 is 0 Å². The summed E-state index contributed by atoms with van der Waals surface area (Å²) in [7, 11) is 3.93. The topological polar surface area (TPSA) is 73.9 Å². The van der Waals surface area contributed by atoms with Gasteiger partial charge >= 0.3 is 0 Å². The molecule has 1 aromatic heterocycles. The lowest BCUT2D eigenvalue weighted by atomic mass is 10.1. The minimum absolute atomic E-state index is 0.143. The molecule has 0 aliphatic heterocycles. The molecule has 100 valence electrons. The highest BCUT2D eigenvalue weighted by Crippen LogP contribution is 2.22. The van der Waals surface area contributed by atoms with E-state index in [-0.39, 0.29) is 11.7 Å². The summed E-state index contributed by atoms with van der Waals surface area (Å²) >= 11 is 0. The summed E-state index contributed by atoms with van der Waals surface area (Å²) in [6.07, 6.45) is 0. The van der Waals surface area contributed by atoms with Crippen molar-refractivity contribution in [2.75, 3.05) is 24.3 Å². The largest absolute Gasteiger partial charge is 0.377 e. The van der Waals surface area contributed by atoms with Crippen molar-refractivity contribution in [3.63, 3.8) is 0 Å². The summed E-state index contributed by atoms with van der Waals surface area (Å²) < 4.78 is 0. The van der Waals surface area contributed by atoms with E-state index < -0.39 is 0 Å². The Labute approximate surface area is 111 Å². The van der Waals surface area contributed by atoms with E-state index in [1.165, 1.54) is 0 Å². The predicted molar refractivity (Wildman–Crippen MR) is 74.6 cm³/mol. The lowest BCUT2D eigenvalue weighted by molar-refractivity contribution is 0.101. The van der Waals surface area contributed by atoms with Crippen LogP contribution < -0.4 is 10.2 Å². The van der Waals surface area contributed by atoms with Gasteiger partial charge in [-0.3, -0.25) is 9.89 Å². The molecule has 0 unspecified atom stereocenters. The number of H-pyrrole nitrogens is 1. The highest BCUT2D eigenvalue weighted by atomic mass is 16.2. The molecule has 6 nitrogen and oxygen atoms in total. The first-order chi connectivity index (χ1) is 8.97. The minimum Gasteiger partial charge on any atom is -0.377 e. The van der Waals surface area contributed by atoms with Crippen molar-refractivity contribution in [2.24, 2.45) is 0 Å². The molecule has 2 N–H and O–H groups in total. The summed E-state index contributed by atoms with van der Waals surface area (Å²) in [5, 5.41) is 9.26. The summed E-state index contributed by atoms with van der Waals surface area (Å²) in [5.41, 5.74) is 2.93. The number of aromatic nitrogens is 3. The second-order valence-electron chi connectivity index (χ2n) is 4.59. The second kappa shape index (κ2) is 5.09. The molecule has 19 heavy (non-hydrogen) atoms. The molecule has 0 radical (unpaired) electrons. The fourth-order valence-electron chi connectivity index (χ4n) is 1.80. The van der Waals surface area contributed by atoms with Gasteiger partial charge in [0.15, 0.2) is 0 Å². The van der Waals surface area contributed by atoms with Crippen LogP contribution in [-0.2, 0) is 0 Å². The van der Waals surface area contributed by atoms with Gasteiger partial charge in [0.05, 0.1) is 0 Å². The van der Waals surface area contributed by atoms with Crippen LogP contribution >= 0.6 is 0 Å². The predicted octanol–water partition coefficient (Wildman–Crippen LogP) is 1.74. The standard InChI is InChI=1S/C13H17N5O/c1-8-5-6-10(7-11(8)18(3)4)15-13(19)12-14-9(2)16-17-12/h5-7H,1-4H3,(H,15,19)(H,14,16,17). The Morgan fingerprint density at radius 3 is 2.63 bits per heavy atom. The number of nitrogens with one attached hydrogen (secondary N) is 2. The van der Waals surface area contributed by atoms with Crippen molar-refractivity contribution in [1.29, 1.82) is 0 Å². The zero-order valence-electron chi connectivity index (χ0n) is 11.5. The molecular formula is C13H17N5O. The number of hydrogen-bond acceptors (Lipinski definition) is 4. The molecule has 0 aliphatic carbocycles. The van der Waals surface area contributed by atoms with E-state index in [0.717, 1.165) is 16.9 Å². The second-order valence-corrected chi connectivity index (χ2v) is 4.59. The number of hydrogen-bond donors (Lipinski definition) is 2. The quantitative estimate of drug-likeness (QED) is 0.880. The van der Waals surface area contributed by atoms with E-state index in [2.05, 4.69) is 20.5 Å². The molecule has 0 atom stereocenters. The highest BCUT2D eigenvalue weighted by Gasteiger charge is 2.12. The maximum Gasteiger partial charge on any atom is 0.295 e. The van der Waals surface area contributed by atoms with Crippen LogP contribution in [0.1, 0.15) is 22.0 Å². The van der Waals surface area contributed by atoms with Crippen molar-refractivity contribution < 1.29 is 4.79 Å². The normalized spacial score (nSPS) is 10.3. The SMILES string of the molecule is Cc1nc(C(=O)Nc2ccc(C)c(N(C)C)c2)n[nH]1. The van der Waals surface area contributed by atoms with Crippen LogP contribution in [0.15, 0.2) is 18.2 Å². The number of rotatable bonds is 3. The van der Waals surface area contributed by atoms with Crippen molar-refractivity contribution in [3.05, 3.63) is 35.4 Å². The smallest absolute Gasteiger partial charge is 0.295 e. The van der Waals surface area contributed by atoms with Crippen LogP contribution in [0.4, 0.5) is 11.4 Å². The van der Waals surface area contributed by atoms with E-state index in [9.17, 15) is 4.79 Å². The average Bonchev–Trinajstić information content (AvgIpc) is 2.78. The zero-order valence-corrected chi connectivity index (χ0v) is 11.5. The summed E-state index contributed by atoms with van der Waals surface area (Å²) in [6.45, 7) is 3.78. The van der Waals surface area contributed by atoms with Crippen molar-refractivity contribution in [1.82, 2.24) is 15.2 Å². The number of carbonyl (C=O) groups is 1. The van der Waals surface area contributed by atoms with E-state index in [0.29, 0.717) is 5.82 Å². The Kier molecular flexibility index (Phi) is 3.50. The van der Waals surface area contributed by atoms with Crippen LogP contribution in [0.2, 0.25) is 0 Å². The first-order valence-electron chi connectivity index (χ1n) is 5.95. The van der Waals surface area contributed by atoms with Gasteiger partial charge in [-0.1, -0.05) is 6.07 Å². The van der Waals surface area contributed by atoms with Crippen molar-refractivity contribution in [2.45, 2.75) is 13.8 Å². The lowest BCUT2D eigenvalue weighted by Gasteiger charge is -2.16. The first-order valence-corrected chi connectivity index (χ1v) is 5.95. The molecule has 1 amide bonds. The van der Waals surface area contributed by atoms with Crippen molar-refractivity contribution in [3.8, 4) is 0 Å². The molecule has 6 heteroatoms. The van der Waals surface area contributed by atoms with Crippen LogP contribution in [0.5, 0.6) is 0 Å². The van der Waals surface area contributed by atoms with Gasteiger partial charge in [-0.25, -0.2) is 4.98 Å². The third kappa shape index (κ3) is 2.90. The number of benzene rings is 1. The van der Waals surface area contributed by atoms with Crippen LogP contribution in [0.25, 0.3) is 0 Å². The molecule has 0 fully saturated rings. The number of nitrogens with zero attached hydrogens (tertiary/aromatic N) is 3. The Bertz CT molecular complexity index is 603. The average molecular weight is 259 g/mol. The number of aryl methyl sites for hydroxylation is 2. The summed E-state index contributed by atoms with van der Waals surface area (Å²) in [4.78, 5) is 17.9. The van der Waals surface area contributed by atoms with Crippen molar-refractivity contribution >= 4 is 17.3 Å². The number of carbonyl (C=O) groups excluding carboxylic acids is 1. The maximum atomic E-state index is 11.9. The Balaban J connectivity index is 2.20. The number of anilines is 2. The van der Waals surface area contributed by atoms with Gasteiger partial charge in [0.1, 0.15) is 5.82 Å². The molecule has 0 saturated carbocycles. The van der Waals surface area contributed by atoms with Gasteiger partial charge in [-0.05, 0) is 31.5 Å². The number of aromatic amines is 1. The van der Waals surface area contributed by atoms with Crippen LogP contribution in [0.3, 0.4) is 0 Å². The maximum absolute atomic E-state index is 11.9. The molecule has 2 aromatic rings. The first kappa shape index (κ1) is 13.1. The van der Waals surface area contributed by atoms with E-state index in [1.54, 1.807) is 6.92 Å². The molecule has 1 heterocycles. The van der Waals surface area contributed by atoms with Gasteiger partial charge in [0, 0.05) is 25.5 Å². The molecule has 2 rings (SSSR count). The monoisotopic (exact) mass is 259 g/mol. The van der Waals surface area contributed by atoms with E-state index in [4.69, 9.17) is 0 Å². The Hall–Kier alpha value is -2.37. The highest BCUT2D eigenvalue weighted by molar-refractivity contribution is 6.01. The van der Waals surface area contributed by atoms with Gasteiger partial charge in [0.2, 0.25) is 5.82 Å². The number of amides is 1. The minimum atomic E-state index is -0.321. The third-order valence-electron chi connectivity index (χ3n) is 2.75. The fraction of sp³-hybridized carbons (Fsp3) is 0.308. The molecule has 0 spiro atoms. The zero-order chi connectivity index (χ0) is 14.0. The summed E-state index contributed by atoms with van der Waals surface area (Å²) in [5.74, 6) is 0.436. The van der Waals surface area contributed by atoms with Gasteiger partial charge < -0.3 is 10.2 Å². The Morgan fingerprint density at radius 1 is 1.32 bits per heavy atom. The van der Waals surface area contributed by atoms with E-state index in [1.807, 2.05) is 44.1 Å². The Morgan fingerprint density at radius 2 is 2.05 bits per heavy atom. The molecular weight excluding hydrogens is 242 g/mol.